The lowest BCUT2D eigenvalue weighted by Gasteiger charge is -2.31. The van der Waals surface area contributed by atoms with Crippen LogP contribution in [0.3, 0.4) is 0 Å². The fourth-order valence-corrected chi connectivity index (χ4v) is 10.9. The Morgan fingerprint density at radius 3 is 1.72 bits per heavy atom. The first-order valence-electron chi connectivity index (χ1n) is 21.1. The monoisotopic (exact) mass is 1060 g/mol. The predicted molar refractivity (Wildman–Crippen MR) is 265 cm³/mol. The lowest BCUT2D eigenvalue weighted by atomic mass is 9.88. The van der Waals surface area contributed by atoms with E-state index in [1.165, 1.54) is 31.4 Å². The number of rotatable bonds is 13. The second-order valence-corrected chi connectivity index (χ2v) is 25.0. The number of sulfonamides is 1. The number of H-pyrrole nitrogens is 1. The van der Waals surface area contributed by atoms with Gasteiger partial charge in [0.05, 0.1) is 53.3 Å². The van der Waals surface area contributed by atoms with Gasteiger partial charge in [0.15, 0.2) is 28.9 Å². The second kappa shape index (κ2) is 20.2. The van der Waals surface area contributed by atoms with E-state index >= 15 is 4.39 Å². The number of aromatic nitrogens is 6. The molecule has 71 heavy (non-hydrogen) atoms. The number of fused-ring (bicyclic) bond motifs is 2. The molecular formula is C46H46ClF4N11O6S3. The maximum absolute atomic E-state index is 15.1. The van der Waals surface area contributed by atoms with Crippen molar-refractivity contribution in [1.29, 1.82) is 0 Å². The van der Waals surface area contributed by atoms with Crippen LogP contribution >= 0.6 is 10.7 Å². The van der Waals surface area contributed by atoms with Crippen LogP contribution in [0.2, 0.25) is 0 Å². The number of aryl methyl sites for hydroxylation is 1. The van der Waals surface area contributed by atoms with Crippen LogP contribution in [0.15, 0.2) is 78.2 Å². The maximum Gasteiger partial charge on any atom is 0.269 e. The van der Waals surface area contributed by atoms with Crippen molar-refractivity contribution in [3.8, 4) is 22.5 Å². The van der Waals surface area contributed by atoms with Gasteiger partial charge in [0, 0.05) is 57.1 Å². The van der Waals surface area contributed by atoms with E-state index in [9.17, 15) is 38.4 Å². The third kappa shape index (κ3) is 12.3. The normalized spacial score (nSPS) is 13.2. The summed E-state index contributed by atoms with van der Waals surface area (Å²) in [6, 6.07) is 8.69. The highest BCUT2D eigenvalue weighted by atomic mass is 35.7. The number of hydrogen-bond donors (Lipinski definition) is 4. The van der Waals surface area contributed by atoms with Gasteiger partial charge in [0.1, 0.15) is 17.3 Å². The van der Waals surface area contributed by atoms with Gasteiger partial charge < -0.3 is 15.6 Å². The Hall–Kier alpha value is -6.70. The third-order valence-corrected chi connectivity index (χ3v) is 15.3. The highest BCUT2D eigenvalue weighted by Crippen LogP contribution is 2.40. The fourth-order valence-electron chi connectivity index (χ4n) is 7.00. The van der Waals surface area contributed by atoms with E-state index in [1.807, 2.05) is 20.8 Å². The van der Waals surface area contributed by atoms with Gasteiger partial charge in [-0.3, -0.25) is 0 Å². The zero-order valence-electron chi connectivity index (χ0n) is 39.2. The van der Waals surface area contributed by atoms with Crippen LogP contribution in [0, 0.1) is 54.2 Å². The second-order valence-electron chi connectivity index (χ2n) is 18.3. The van der Waals surface area contributed by atoms with E-state index in [-0.39, 0.29) is 55.8 Å². The average Bonchev–Trinajstić information content (AvgIpc) is 3.87. The smallest absolute Gasteiger partial charge is 0.269 e. The van der Waals surface area contributed by atoms with Gasteiger partial charge in [-0.25, -0.2) is 81.1 Å². The molecule has 0 unspecified atom stereocenters. The molecule has 0 spiro atoms. The minimum absolute atomic E-state index is 0.00371. The van der Waals surface area contributed by atoms with Gasteiger partial charge in [0.25, 0.3) is 10.0 Å². The van der Waals surface area contributed by atoms with E-state index < -0.39 is 86.9 Å². The standard InChI is InChI=1S/C26H24ClF2N5O4S2.C20H22F2N6O2S/c1-15-6-8-17(9-7-15)40(37,38)34-13-19(18-10-16(28)12-31-25(18)34)23-21(30-5)11-20(29)24(33-23)32-22(26(2,3)4)14-39(27,35)36;1-20(2,3)16(10-31(29,30)24-5)27-19-14(22)7-15(23-4)17(28-19)13-9-26-18-12(13)6-11(21)8-25-18/h6-13,22H,14H2,1-4H3,(H,32,33);6-9,16,24H,10H2,1-3,5H3,(H,25,26)(H,27,28)/t22-;16-/m11/s1. The summed E-state index contributed by atoms with van der Waals surface area (Å²) in [6.07, 6.45) is 4.58. The lowest BCUT2D eigenvalue weighted by Crippen LogP contribution is -2.43. The molecule has 0 radical (unpaired) electrons. The van der Waals surface area contributed by atoms with E-state index in [2.05, 4.69) is 50.0 Å². The molecule has 2 atom stereocenters. The Morgan fingerprint density at radius 2 is 1.23 bits per heavy atom. The van der Waals surface area contributed by atoms with Crippen molar-refractivity contribution in [1.82, 2.24) is 33.6 Å². The maximum atomic E-state index is 15.1. The minimum Gasteiger partial charge on any atom is -0.363 e. The summed E-state index contributed by atoms with van der Waals surface area (Å²) in [5.74, 6) is -4.54. The predicted octanol–water partition coefficient (Wildman–Crippen LogP) is 9.70. The molecule has 374 valence electrons. The molecule has 0 bridgehead atoms. The average molecular weight is 1060 g/mol. The first kappa shape index (κ1) is 53.6. The molecular weight excluding hydrogens is 1010 g/mol. The molecule has 7 aromatic rings. The molecule has 25 heteroatoms. The van der Waals surface area contributed by atoms with Gasteiger partial charge in [-0.05, 0) is 61.2 Å². The quantitative estimate of drug-likeness (QED) is 0.0482. The largest absolute Gasteiger partial charge is 0.363 e. The minimum atomic E-state index is -4.22. The summed E-state index contributed by atoms with van der Waals surface area (Å²) in [6.45, 7) is 27.4. The highest BCUT2D eigenvalue weighted by molar-refractivity contribution is 8.13. The summed E-state index contributed by atoms with van der Waals surface area (Å²) >= 11 is 0. The van der Waals surface area contributed by atoms with Crippen LogP contribution in [-0.2, 0) is 29.1 Å². The summed E-state index contributed by atoms with van der Waals surface area (Å²) in [4.78, 5) is 26.0. The Kier molecular flexibility index (Phi) is 15.3. The SMILES string of the molecule is [C-]#[N+]c1cc(F)c(N[C@H](CS(=O)(=O)Cl)C(C)(C)C)nc1-c1cn(S(=O)(=O)c2ccc(C)cc2)c2ncc(F)cc12.[C-]#[N+]c1cc(F)c(N[C@H](CS(=O)(=O)NC)C(C)(C)C)nc1-c1c[nH]c2ncc(F)cc12. The van der Waals surface area contributed by atoms with E-state index in [0.717, 1.165) is 46.3 Å². The summed E-state index contributed by atoms with van der Waals surface area (Å²) in [5.41, 5.74) is -0.183. The number of nitrogens with zero attached hydrogens (tertiary/aromatic N) is 7. The lowest BCUT2D eigenvalue weighted by molar-refractivity contribution is 0.357. The summed E-state index contributed by atoms with van der Waals surface area (Å²) in [5, 5.41) is 6.05. The van der Waals surface area contributed by atoms with Crippen LogP contribution < -0.4 is 15.4 Å². The number of hydrogen-bond acceptors (Lipinski definition) is 12. The molecule has 0 amide bonds. The van der Waals surface area contributed by atoms with Crippen LogP contribution in [-0.4, -0.2) is 84.8 Å². The van der Waals surface area contributed by atoms with Gasteiger partial charge >= 0.3 is 0 Å². The highest BCUT2D eigenvalue weighted by Gasteiger charge is 2.33. The number of aromatic amines is 1. The molecule has 6 heterocycles. The molecule has 4 N–H and O–H groups in total. The number of benzene rings is 1. The van der Waals surface area contributed by atoms with Crippen molar-refractivity contribution in [3.05, 3.63) is 125 Å². The number of nitrogens with one attached hydrogen (secondary N) is 4. The van der Waals surface area contributed by atoms with Crippen molar-refractivity contribution < 1.29 is 42.8 Å². The zero-order valence-corrected chi connectivity index (χ0v) is 42.4. The molecule has 17 nitrogen and oxygen atoms in total. The van der Waals surface area contributed by atoms with Gasteiger partial charge in [-0.1, -0.05) is 59.2 Å². The Morgan fingerprint density at radius 1 is 0.732 bits per heavy atom. The molecule has 0 fully saturated rings. The van der Waals surface area contributed by atoms with Crippen molar-refractivity contribution in [2.24, 2.45) is 10.8 Å². The first-order chi connectivity index (χ1) is 33.0. The summed E-state index contributed by atoms with van der Waals surface area (Å²) in [7, 11) is -5.04. The molecule has 0 saturated heterocycles. The Labute approximate surface area is 412 Å². The number of pyridine rings is 4. The Balaban J connectivity index is 0.000000240. The molecule has 0 aliphatic rings. The van der Waals surface area contributed by atoms with Gasteiger partial charge in [-0.2, -0.15) is 0 Å². The molecule has 7 rings (SSSR count). The van der Waals surface area contributed by atoms with Gasteiger partial charge in [0.2, 0.25) is 30.4 Å². The summed E-state index contributed by atoms with van der Waals surface area (Å²) < 4.78 is 136. The van der Waals surface area contributed by atoms with Crippen molar-refractivity contribution in [3.63, 3.8) is 0 Å². The van der Waals surface area contributed by atoms with Crippen molar-refractivity contribution in [2.45, 2.75) is 65.4 Å². The number of halogens is 5. The van der Waals surface area contributed by atoms with Crippen molar-refractivity contribution in [2.75, 3.05) is 29.2 Å². The van der Waals surface area contributed by atoms with E-state index in [1.54, 1.807) is 39.8 Å². The zero-order chi connectivity index (χ0) is 52.6. The Bertz CT molecular complexity index is 3620. The van der Waals surface area contributed by atoms with Crippen molar-refractivity contribution >= 4 is 84.9 Å². The topological polar surface area (TPSA) is 220 Å². The molecule has 6 aromatic heterocycles. The fraction of sp³-hybridized carbons (Fsp3) is 0.304. The van der Waals surface area contributed by atoms with Crippen LogP contribution in [0.4, 0.5) is 40.6 Å². The first-order valence-corrected chi connectivity index (χ1v) is 26.7. The van der Waals surface area contributed by atoms with Crippen LogP contribution in [0.1, 0.15) is 47.1 Å². The number of anilines is 2. The third-order valence-electron chi connectivity index (χ3n) is 11.1. The molecule has 0 aliphatic carbocycles. The van der Waals surface area contributed by atoms with Crippen LogP contribution in [0.25, 0.3) is 54.3 Å². The van der Waals surface area contributed by atoms with Gasteiger partial charge in [-0.15, -0.1) is 0 Å². The van der Waals surface area contributed by atoms with E-state index in [0.29, 0.717) is 16.6 Å². The van der Waals surface area contributed by atoms with E-state index in [4.69, 9.17) is 23.8 Å². The molecule has 0 saturated carbocycles. The molecule has 1 aromatic carbocycles. The molecule has 0 aliphatic heterocycles. The van der Waals surface area contributed by atoms with Crippen LogP contribution in [0.5, 0.6) is 0 Å².